The van der Waals surface area contributed by atoms with Gasteiger partial charge in [0.25, 0.3) is 0 Å². The minimum absolute atomic E-state index is 0.00560. The van der Waals surface area contributed by atoms with Gasteiger partial charge in [-0.1, -0.05) is 24.3 Å². The molecule has 1 heterocycles. The van der Waals surface area contributed by atoms with E-state index in [2.05, 4.69) is 30.8 Å². The minimum atomic E-state index is -0.704. The Labute approximate surface area is 195 Å². The molecule has 7 heteroatoms. The molecule has 6 nitrogen and oxygen atoms in total. The average Bonchev–Trinajstić information content (AvgIpc) is 2.82. The molecule has 1 atom stereocenters. The summed E-state index contributed by atoms with van der Waals surface area (Å²) in [5, 5.41) is 2.79. The Morgan fingerprint density at radius 1 is 1.00 bits per heavy atom. The summed E-state index contributed by atoms with van der Waals surface area (Å²) in [5.41, 5.74) is 2.27. The van der Waals surface area contributed by atoms with Crippen LogP contribution in [0.3, 0.4) is 0 Å². The zero-order valence-corrected chi connectivity index (χ0v) is 20.5. The van der Waals surface area contributed by atoms with Crippen molar-refractivity contribution in [2.24, 2.45) is 0 Å². The summed E-state index contributed by atoms with van der Waals surface area (Å²) in [4.78, 5) is 28.7. The van der Waals surface area contributed by atoms with Crippen molar-refractivity contribution < 1.29 is 14.3 Å². The molecule has 0 bridgehead atoms. The van der Waals surface area contributed by atoms with Crippen LogP contribution in [-0.2, 0) is 22.5 Å². The molecule has 1 unspecified atom stereocenters. The molecule has 0 spiro atoms. The van der Waals surface area contributed by atoms with E-state index in [1.165, 1.54) is 0 Å². The maximum absolute atomic E-state index is 13.5. The number of ether oxygens (including phenoxy) is 1. The molecular weight excluding hydrogens is 422 g/mol. The predicted octanol–water partition coefficient (Wildman–Crippen LogP) is 5.06. The smallest absolute Gasteiger partial charge is 0.408 e. The van der Waals surface area contributed by atoms with Crippen LogP contribution in [0.15, 0.2) is 53.4 Å². The lowest BCUT2D eigenvalue weighted by atomic mass is 10.0. The number of nitrogens with one attached hydrogen (secondary N) is 2. The van der Waals surface area contributed by atoms with Gasteiger partial charge < -0.3 is 15.0 Å². The largest absolute Gasteiger partial charge is 0.444 e. The lowest BCUT2D eigenvalue weighted by Gasteiger charge is -2.27. The van der Waals surface area contributed by atoms with E-state index in [-0.39, 0.29) is 11.4 Å². The van der Waals surface area contributed by atoms with E-state index in [4.69, 9.17) is 4.74 Å². The number of hydrogen-bond donors (Lipinski definition) is 2. The highest BCUT2D eigenvalue weighted by Gasteiger charge is 2.32. The van der Waals surface area contributed by atoms with Crippen molar-refractivity contribution in [3.8, 4) is 0 Å². The van der Waals surface area contributed by atoms with Crippen LogP contribution in [0, 0.1) is 0 Å². The summed E-state index contributed by atoms with van der Waals surface area (Å²) in [5.74, 6) is -0.153. The van der Waals surface area contributed by atoms with Crippen molar-refractivity contribution in [2.45, 2.75) is 76.6 Å². The number of carbonyl (C=O) groups is 2. The van der Waals surface area contributed by atoms with Crippen molar-refractivity contribution in [2.75, 3.05) is 4.90 Å². The van der Waals surface area contributed by atoms with E-state index in [0.29, 0.717) is 13.0 Å². The summed E-state index contributed by atoms with van der Waals surface area (Å²) in [6.45, 7) is 12.2. The molecule has 0 saturated carbocycles. The van der Waals surface area contributed by atoms with Crippen molar-refractivity contribution in [1.82, 2.24) is 10.0 Å². The molecule has 2 aromatic rings. The quantitative estimate of drug-likeness (QED) is 0.630. The number of hydrogen-bond acceptors (Lipinski definition) is 5. The summed E-state index contributed by atoms with van der Waals surface area (Å²) in [6, 6.07) is 15.2. The fourth-order valence-electron chi connectivity index (χ4n) is 3.34. The molecule has 172 valence electrons. The Kier molecular flexibility index (Phi) is 7.20. The van der Waals surface area contributed by atoms with Gasteiger partial charge in [0, 0.05) is 22.5 Å². The van der Waals surface area contributed by atoms with Gasteiger partial charge in [-0.05, 0) is 88.9 Å². The maximum Gasteiger partial charge on any atom is 0.408 e. The van der Waals surface area contributed by atoms with Crippen LogP contribution in [0.1, 0.15) is 52.7 Å². The Hall–Kier alpha value is -2.51. The number of amides is 2. The van der Waals surface area contributed by atoms with Gasteiger partial charge in [-0.15, -0.1) is 0 Å². The molecule has 0 radical (unpaired) electrons. The second-order valence-corrected chi connectivity index (χ2v) is 10.9. The van der Waals surface area contributed by atoms with Gasteiger partial charge in [-0.2, -0.15) is 0 Å². The topological polar surface area (TPSA) is 70.7 Å². The third kappa shape index (κ3) is 6.74. The Bertz CT molecular complexity index is 962. The molecule has 1 aliphatic rings. The summed E-state index contributed by atoms with van der Waals surface area (Å²) >= 11 is 1.56. The molecular formula is C25H33N3O3S. The lowest BCUT2D eigenvalue weighted by Crippen LogP contribution is -2.49. The molecule has 0 aromatic heterocycles. The Morgan fingerprint density at radius 2 is 1.62 bits per heavy atom. The van der Waals surface area contributed by atoms with E-state index < -0.39 is 17.7 Å². The van der Waals surface area contributed by atoms with Crippen LogP contribution in [0.2, 0.25) is 0 Å². The van der Waals surface area contributed by atoms with Crippen molar-refractivity contribution >= 4 is 29.6 Å². The Morgan fingerprint density at radius 3 is 2.22 bits per heavy atom. The molecule has 2 aromatic carbocycles. The number of anilines is 1. The van der Waals surface area contributed by atoms with E-state index in [1.54, 1.807) is 37.6 Å². The molecule has 32 heavy (non-hydrogen) atoms. The first-order valence-electron chi connectivity index (χ1n) is 10.8. The highest BCUT2D eigenvalue weighted by atomic mass is 32.2. The van der Waals surface area contributed by atoms with E-state index in [9.17, 15) is 9.59 Å². The van der Waals surface area contributed by atoms with Crippen LogP contribution >= 0.6 is 11.9 Å². The summed E-state index contributed by atoms with van der Waals surface area (Å²) in [7, 11) is 0. The normalized spacial score (nSPS) is 16.9. The molecule has 0 saturated heterocycles. The highest BCUT2D eigenvalue weighted by molar-refractivity contribution is 7.97. The van der Waals surface area contributed by atoms with Gasteiger partial charge in [-0.3, -0.25) is 9.52 Å². The van der Waals surface area contributed by atoms with Crippen LogP contribution < -0.4 is 14.9 Å². The minimum Gasteiger partial charge on any atom is -0.444 e. The highest BCUT2D eigenvalue weighted by Crippen LogP contribution is 2.27. The lowest BCUT2D eigenvalue weighted by molar-refractivity contribution is -0.120. The van der Waals surface area contributed by atoms with Crippen molar-refractivity contribution in [1.29, 1.82) is 0 Å². The number of carbonyl (C=O) groups excluding carboxylic acids is 2. The summed E-state index contributed by atoms with van der Waals surface area (Å²) in [6.07, 6.45) is -0.163. The molecule has 0 aliphatic carbocycles. The average molecular weight is 456 g/mol. The van der Waals surface area contributed by atoms with Crippen LogP contribution in [0.4, 0.5) is 10.5 Å². The first-order valence-corrected chi connectivity index (χ1v) is 11.6. The standard InChI is InChI=1S/C25H33N3O3S/c1-24(2,3)27-32-20-13-11-19(12-14-20)28-16-18-10-8-7-9-17(18)15-21(22(28)29)26-23(30)31-25(4,5)6/h7-14,21,27H,15-16H2,1-6H3,(H,26,30). The van der Waals surface area contributed by atoms with Gasteiger partial charge in [0.05, 0.1) is 6.54 Å². The van der Waals surface area contributed by atoms with Gasteiger partial charge in [-0.25, -0.2) is 4.79 Å². The van der Waals surface area contributed by atoms with Crippen LogP contribution in [0.5, 0.6) is 0 Å². The second kappa shape index (κ2) is 9.55. The van der Waals surface area contributed by atoms with Crippen LogP contribution in [0.25, 0.3) is 0 Å². The van der Waals surface area contributed by atoms with Crippen molar-refractivity contribution in [3.05, 3.63) is 59.7 Å². The zero-order valence-electron chi connectivity index (χ0n) is 19.7. The SMILES string of the molecule is CC(C)(C)NSc1ccc(N2Cc3ccccc3CC(NC(=O)OC(C)(C)C)C2=O)cc1. The predicted molar refractivity (Wildman–Crippen MR) is 130 cm³/mol. The first kappa shape index (κ1) is 24.1. The van der Waals surface area contributed by atoms with E-state index in [1.807, 2.05) is 48.5 Å². The van der Waals surface area contributed by atoms with Gasteiger partial charge >= 0.3 is 6.09 Å². The number of fused-ring (bicyclic) bond motifs is 1. The fourth-order valence-corrected chi connectivity index (χ4v) is 4.04. The first-order chi connectivity index (χ1) is 14.9. The molecule has 1 aliphatic heterocycles. The molecule has 0 fully saturated rings. The third-order valence-electron chi connectivity index (χ3n) is 4.75. The van der Waals surface area contributed by atoms with Crippen LogP contribution in [-0.4, -0.2) is 29.2 Å². The fraction of sp³-hybridized carbons (Fsp3) is 0.440. The molecule has 2 amide bonds. The van der Waals surface area contributed by atoms with Gasteiger partial charge in [0.15, 0.2) is 0 Å². The van der Waals surface area contributed by atoms with Gasteiger partial charge in [0.1, 0.15) is 11.6 Å². The van der Waals surface area contributed by atoms with Crippen molar-refractivity contribution in [3.63, 3.8) is 0 Å². The summed E-state index contributed by atoms with van der Waals surface area (Å²) < 4.78 is 8.79. The number of rotatable bonds is 4. The molecule has 3 rings (SSSR count). The second-order valence-electron chi connectivity index (χ2n) is 10.0. The van der Waals surface area contributed by atoms with Gasteiger partial charge in [0.2, 0.25) is 5.91 Å². The maximum atomic E-state index is 13.5. The monoisotopic (exact) mass is 455 g/mol. The third-order valence-corrected chi connectivity index (χ3v) is 5.97. The number of nitrogens with zero attached hydrogens (tertiary/aromatic N) is 1. The van der Waals surface area contributed by atoms with E-state index >= 15 is 0 Å². The number of alkyl carbamates (subject to hydrolysis) is 1. The molecule has 2 N–H and O–H groups in total. The van der Waals surface area contributed by atoms with E-state index in [0.717, 1.165) is 21.7 Å². The Balaban J connectivity index is 1.84. The number of benzene rings is 2. The zero-order chi connectivity index (χ0) is 23.5.